The van der Waals surface area contributed by atoms with Crippen LogP contribution in [0.5, 0.6) is 0 Å². The molecule has 0 aliphatic carbocycles. The number of para-hydroxylation sites is 1. The molecule has 0 atom stereocenters. The van der Waals surface area contributed by atoms with E-state index in [1.165, 1.54) is 5.39 Å². The number of amides is 1. The zero-order valence-electron chi connectivity index (χ0n) is 10.2. The summed E-state index contributed by atoms with van der Waals surface area (Å²) in [5.41, 5.74) is 5.30. The summed E-state index contributed by atoms with van der Waals surface area (Å²) in [6, 6.07) is 16.4. The van der Waals surface area contributed by atoms with Crippen molar-refractivity contribution in [2.75, 3.05) is 5.32 Å². The molecule has 0 saturated carbocycles. The minimum atomic E-state index is 0.0730. The number of H-pyrrole nitrogens is 1. The number of anilines is 1. The molecule has 0 fully saturated rings. The minimum absolute atomic E-state index is 0.0730. The van der Waals surface area contributed by atoms with Gasteiger partial charge in [-0.1, -0.05) is 30.3 Å². The van der Waals surface area contributed by atoms with Gasteiger partial charge in [-0.3, -0.25) is 4.79 Å². The van der Waals surface area contributed by atoms with Gasteiger partial charge in [0, 0.05) is 27.8 Å². The first-order valence-corrected chi connectivity index (χ1v) is 6.30. The predicted molar refractivity (Wildman–Crippen MR) is 76.1 cm³/mol. The van der Waals surface area contributed by atoms with Crippen LogP contribution in [-0.2, 0) is 11.2 Å². The maximum absolute atomic E-state index is 11.4. The van der Waals surface area contributed by atoms with Gasteiger partial charge in [0.2, 0.25) is 5.91 Å². The van der Waals surface area contributed by atoms with Crippen molar-refractivity contribution in [1.29, 1.82) is 0 Å². The van der Waals surface area contributed by atoms with Gasteiger partial charge in [0.1, 0.15) is 0 Å². The zero-order chi connectivity index (χ0) is 12.8. The molecule has 92 valence electrons. The van der Waals surface area contributed by atoms with Crippen molar-refractivity contribution < 1.29 is 4.79 Å². The highest BCUT2D eigenvalue weighted by Crippen LogP contribution is 2.30. The van der Waals surface area contributed by atoms with Crippen LogP contribution in [0.15, 0.2) is 48.5 Å². The van der Waals surface area contributed by atoms with E-state index in [2.05, 4.69) is 34.6 Å². The summed E-state index contributed by atoms with van der Waals surface area (Å²) in [6.07, 6.45) is 0.488. The maximum Gasteiger partial charge on any atom is 0.228 e. The lowest BCUT2D eigenvalue weighted by molar-refractivity contribution is -0.115. The second kappa shape index (κ2) is 3.72. The van der Waals surface area contributed by atoms with Gasteiger partial charge >= 0.3 is 0 Å². The molecule has 2 aromatic carbocycles. The molecule has 0 unspecified atom stereocenters. The number of benzene rings is 2. The Morgan fingerprint density at radius 1 is 1.00 bits per heavy atom. The Labute approximate surface area is 110 Å². The summed E-state index contributed by atoms with van der Waals surface area (Å²) in [6.45, 7) is 0. The van der Waals surface area contributed by atoms with Crippen LogP contribution in [0.3, 0.4) is 0 Å². The van der Waals surface area contributed by atoms with Gasteiger partial charge in [-0.25, -0.2) is 0 Å². The molecule has 1 aliphatic rings. The van der Waals surface area contributed by atoms with Gasteiger partial charge < -0.3 is 10.3 Å². The summed E-state index contributed by atoms with van der Waals surface area (Å²) in [5.74, 6) is 0.0730. The minimum Gasteiger partial charge on any atom is -0.355 e. The summed E-state index contributed by atoms with van der Waals surface area (Å²) >= 11 is 0. The van der Waals surface area contributed by atoms with Crippen LogP contribution in [0.1, 0.15) is 5.56 Å². The van der Waals surface area contributed by atoms with E-state index in [1.54, 1.807) is 0 Å². The molecule has 4 rings (SSSR count). The van der Waals surface area contributed by atoms with Gasteiger partial charge in [0.25, 0.3) is 0 Å². The van der Waals surface area contributed by atoms with E-state index >= 15 is 0 Å². The van der Waals surface area contributed by atoms with Crippen molar-refractivity contribution >= 4 is 22.5 Å². The molecule has 3 aromatic rings. The Bertz CT molecular complexity index is 768. The first-order chi connectivity index (χ1) is 9.29. The molecule has 19 heavy (non-hydrogen) atoms. The van der Waals surface area contributed by atoms with Crippen LogP contribution in [-0.4, -0.2) is 10.9 Å². The van der Waals surface area contributed by atoms with Gasteiger partial charge in [0.05, 0.1) is 6.42 Å². The van der Waals surface area contributed by atoms with E-state index in [0.717, 1.165) is 28.0 Å². The van der Waals surface area contributed by atoms with E-state index in [-0.39, 0.29) is 5.91 Å². The van der Waals surface area contributed by atoms with Crippen LogP contribution in [0.2, 0.25) is 0 Å². The molecule has 1 aromatic heterocycles. The lowest BCUT2D eigenvalue weighted by atomic mass is 10.1. The molecular weight excluding hydrogens is 236 g/mol. The largest absolute Gasteiger partial charge is 0.355 e. The fourth-order valence-corrected chi connectivity index (χ4v) is 2.61. The third kappa shape index (κ3) is 1.63. The number of aromatic amines is 1. The normalized spacial score (nSPS) is 13.6. The SMILES string of the molecule is O=C1Cc2ccc(-c3cc4ccccc4[nH]3)cc2N1. The van der Waals surface area contributed by atoms with Crippen LogP contribution in [0, 0.1) is 0 Å². The Morgan fingerprint density at radius 2 is 1.89 bits per heavy atom. The van der Waals surface area contributed by atoms with Crippen molar-refractivity contribution in [3.63, 3.8) is 0 Å². The number of nitrogens with one attached hydrogen (secondary N) is 2. The molecular formula is C16H12N2O. The fraction of sp³-hybridized carbons (Fsp3) is 0.0625. The highest BCUT2D eigenvalue weighted by molar-refractivity contribution is 6.00. The standard InChI is InChI=1S/C16H12N2O/c19-16-9-12-6-5-11(8-15(12)18-16)14-7-10-3-1-2-4-13(10)17-14/h1-8,17H,9H2,(H,18,19). The summed E-state index contributed by atoms with van der Waals surface area (Å²) in [7, 11) is 0. The Hall–Kier alpha value is -2.55. The zero-order valence-corrected chi connectivity index (χ0v) is 10.2. The second-order valence-corrected chi connectivity index (χ2v) is 4.87. The fourth-order valence-electron chi connectivity index (χ4n) is 2.61. The number of rotatable bonds is 1. The third-order valence-corrected chi connectivity index (χ3v) is 3.58. The van der Waals surface area contributed by atoms with E-state index in [0.29, 0.717) is 6.42 Å². The second-order valence-electron chi connectivity index (χ2n) is 4.87. The summed E-state index contributed by atoms with van der Waals surface area (Å²) < 4.78 is 0. The van der Waals surface area contributed by atoms with Crippen LogP contribution in [0.25, 0.3) is 22.2 Å². The molecule has 2 heterocycles. The molecule has 2 N–H and O–H groups in total. The van der Waals surface area contributed by atoms with Crippen molar-refractivity contribution in [1.82, 2.24) is 4.98 Å². The smallest absolute Gasteiger partial charge is 0.228 e. The topological polar surface area (TPSA) is 44.9 Å². The number of hydrogen-bond donors (Lipinski definition) is 2. The van der Waals surface area contributed by atoms with E-state index < -0.39 is 0 Å². The molecule has 0 radical (unpaired) electrons. The molecule has 1 aliphatic heterocycles. The third-order valence-electron chi connectivity index (χ3n) is 3.58. The Kier molecular flexibility index (Phi) is 2.03. The first-order valence-electron chi connectivity index (χ1n) is 6.30. The summed E-state index contributed by atoms with van der Waals surface area (Å²) in [5, 5.41) is 4.08. The number of carbonyl (C=O) groups excluding carboxylic acids is 1. The van der Waals surface area contributed by atoms with Gasteiger partial charge in [-0.2, -0.15) is 0 Å². The highest BCUT2D eigenvalue weighted by Gasteiger charge is 2.17. The van der Waals surface area contributed by atoms with Gasteiger partial charge in [-0.05, 0) is 23.8 Å². The summed E-state index contributed by atoms with van der Waals surface area (Å²) in [4.78, 5) is 14.8. The predicted octanol–water partition coefficient (Wildman–Crippen LogP) is 3.33. The van der Waals surface area contributed by atoms with Crippen molar-refractivity contribution in [2.45, 2.75) is 6.42 Å². The number of hydrogen-bond acceptors (Lipinski definition) is 1. The van der Waals surface area contributed by atoms with Gasteiger partial charge in [-0.15, -0.1) is 0 Å². The monoisotopic (exact) mass is 248 g/mol. The Morgan fingerprint density at radius 3 is 2.79 bits per heavy atom. The average Bonchev–Trinajstić information content (AvgIpc) is 2.99. The molecule has 0 spiro atoms. The molecule has 3 nitrogen and oxygen atoms in total. The van der Waals surface area contributed by atoms with E-state index in [9.17, 15) is 4.79 Å². The average molecular weight is 248 g/mol. The number of fused-ring (bicyclic) bond motifs is 2. The van der Waals surface area contributed by atoms with Crippen molar-refractivity contribution in [3.05, 3.63) is 54.1 Å². The number of aromatic nitrogens is 1. The molecule has 0 bridgehead atoms. The molecule has 0 saturated heterocycles. The van der Waals surface area contributed by atoms with E-state index in [1.807, 2.05) is 24.3 Å². The van der Waals surface area contributed by atoms with E-state index in [4.69, 9.17) is 0 Å². The number of carbonyl (C=O) groups is 1. The molecule has 1 amide bonds. The Balaban J connectivity index is 1.84. The lowest BCUT2D eigenvalue weighted by Gasteiger charge is -2.02. The van der Waals surface area contributed by atoms with Crippen molar-refractivity contribution in [3.8, 4) is 11.3 Å². The van der Waals surface area contributed by atoms with Gasteiger partial charge in [0.15, 0.2) is 0 Å². The lowest BCUT2D eigenvalue weighted by Crippen LogP contribution is -2.03. The first kappa shape index (κ1) is 10.4. The maximum atomic E-state index is 11.4. The van der Waals surface area contributed by atoms with Crippen molar-refractivity contribution in [2.24, 2.45) is 0 Å². The van der Waals surface area contributed by atoms with Crippen LogP contribution >= 0.6 is 0 Å². The molecule has 3 heteroatoms. The highest BCUT2D eigenvalue weighted by atomic mass is 16.1. The van der Waals surface area contributed by atoms with Crippen LogP contribution in [0.4, 0.5) is 5.69 Å². The quantitative estimate of drug-likeness (QED) is 0.681. The van der Waals surface area contributed by atoms with Crippen LogP contribution < -0.4 is 5.32 Å².